The minimum atomic E-state index is -4.53. The lowest BCUT2D eigenvalue weighted by molar-refractivity contribution is -0.138. The van der Waals surface area contributed by atoms with Gasteiger partial charge in [-0.1, -0.05) is 0 Å². The Bertz CT molecular complexity index is 534. The molecule has 0 spiro atoms. The number of halogens is 4. The molecular formula is C11H10BrF3N2O3. The summed E-state index contributed by atoms with van der Waals surface area (Å²) in [4.78, 5) is 22.9. The minimum absolute atomic E-state index is 0.0953. The van der Waals surface area contributed by atoms with Crippen LogP contribution in [0.4, 0.5) is 23.7 Å². The van der Waals surface area contributed by atoms with Gasteiger partial charge in [-0.2, -0.15) is 13.2 Å². The number of hydrogen-bond acceptors (Lipinski definition) is 2. The number of amides is 2. The highest BCUT2D eigenvalue weighted by Gasteiger charge is 2.31. The zero-order valence-corrected chi connectivity index (χ0v) is 11.7. The van der Waals surface area contributed by atoms with Gasteiger partial charge in [0.25, 0.3) is 0 Å². The molecule has 1 rings (SSSR count). The van der Waals surface area contributed by atoms with Crippen LogP contribution in [-0.4, -0.2) is 35.6 Å². The second-order valence-electron chi connectivity index (χ2n) is 3.87. The van der Waals surface area contributed by atoms with Crippen molar-refractivity contribution in [2.24, 2.45) is 0 Å². The van der Waals surface area contributed by atoms with Gasteiger partial charge in [-0.05, 0) is 34.1 Å². The first kappa shape index (κ1) is 16.3. The van der Waals surface area contributed by atoms with Crippen LogP contribution in [0.1, 0.15) is 5.56 Å². The van der Waals surface area contributed by atoms with Crippen molar-refractivity contribution in [3.05, 3.63) is 28.2 Å². The van der Waals surface area contributed by atoms with Gasteiger partial charge in [0.15, 0.2) is 0 Å². The number of nitrogens with zero attached hydrogens (tertiary/aromatic N) is 1. The number of alkyl halides is 3. The Labute approximate surface area is 120 Å². The summed E-state index contributed by atoms with van der Waals surface area (Å²) in [5.41, 5.74) is -1.01. The molecule has 0 atom stereocenters. The lowest BCUT2D eigenvalue weighted by atomic mass is 10.2. The number of carboxylic acids is 1. The van der Waals surface area contributed by atoms with Crippen molar-refractivity contribution in [2.75, 3.05) is 18.9 Å². The molecule has 0 saturated carbocycles. The van der Waals surface area contributed by atoms with Gasteiger partial charge in [0.1, 0.15) is 6.54 Å². The van der Waals surface area contributed by atoms with Crippen LogP contribution in [-0.2, 0) is 11.0 Å². The summed E-state index contributed by atoms with van der Waals surface area (Å²) in [5, 5.41) is 10.7. The first-order chi connectivity index (χ1) is 9.11. The van der Waals surface area contributed by atoms with Crippen LogP contribution in [0.25, 0.3) is 0 Å². The predicted molar refractivity (Wildman–Crippen MR) is 68.4 cm³/mol. The number of carboxylic acid groups (broad SMARTS) is 1. The molecule has 5 nitrogen and oxygen atoms in total. The summed E-state index contributed by atoms with van der Waals surface area (Å²) < 4.78 is 37.9. The second-order valence-corrected chi connectivity index (χ2v) is 4.73. The average molecular weight is 355 g/mol. The average Bonchev–Trinajstić information content (AvgIpc) is 2.29. The number of hydrogen-bond donors (Lipinski definition) is 2. The third-order valence-corrected chi connectivity index (χ3v) is 2.95. The van der Waals surface area contributed by atoms with E-state index in [1.54, 1.807) is 0 Å². The number of anilines is 1. The van der Waals surface area contributed by atoms with Crippen molar-refractivity contribution in [3.8, 4) is 0 Å². The maximum absolute atomic E-state index is 12.6. The van der Waals surface area contributed by atoms with Gasteiger partial charge >= 0.3 is 18.2 Å². The highest BCUT2D eigenvalue weighted by Crippen LogP contribution is 2.33. The quantitative estimate of drug-likeness (QED) is 0.876. The number of benzene rings is 1. The number of aliphatic carboxylic acids is 1. The molecule has 0 heterocycles. The number of rotatable bonds is 3. The fourth-order valence-corrected chi connectivity index (χ4v) is 1.63. The molecule has 20 heavy (non-hydrogen) atoms. The van der Waals surface area contributed by atoms with E-state index in [4.69, 9.17) is 5.11 Å². The molecule has 0 aromatic heterocycles. The molecule has 0 radical (unpaired) electrons. The number of likely N-dealkylation sites (N-methyl/N-ethyl adjacent to an activating group) is 1. The monoisotopic (exact) mass is 354 g/mol. The summed E-state index contributed by atoms with van der Waals surface area (Å²) in [6.07, 6.45) is -4.53. The van der Waals surface area contributed by atoms with E-state index in [0.29, 0.717) is 0 Å². The third kappa shape index (κ3) is 4.41. The van der Waals surface area contributed by atoms with Crippen LogP contribution in [0.3, 0.4) is 0 Å². The topological polar surface area (TPSA) is 69.6 Å². The molecule has 2 N–H and O–H groups in total. The van der Waals surface area contributed by atoms with Crippen LogP contribution < -0.4 is 5.32 Å². The number of nitrogens with one attached hydrogen (secondary N) is 1. The van der Waals surface area contributed by atoms with Crippen molar-refractivity contribution in [2.45, 2.75) is 6.18 Å². The highest BCUT2D eigenvalue weighted by molar-refractivity contribution is 9.10. The number of urea groups is 1. The SMILES string of the molecule is CN(CC(=O)O)C(=O)Nc1cc(C(F)(F)F)ccc1Br. The Balaban J connectivity index is 2.92. The van der Waals surface area contributed by atoms with Crippen LogP contribution in [0.5, 0.6) is 0 Å². The standard InChI is InChI=1S/C11H10BrF3N2O3/c1-17(5-9(18)19)10(20)16-8-4-6(11(13,14)15)2-3-7(8)12/h2-4H,5H2,1H3,(H,16,20)(H,18,19). The number of carbonyl (C=O) groups is 2. The van der Waals surface area contributed by atoms with E-state index >= 15 is 0 Å². The first-order valence-electron chi connectivity index (χ1n) is 5.22. The van der Waals surface area contributed by atoms with Gasteiger partial charge < -0.3 is 15.3 Å². The van der Waals surface area contributed by atoms with E-state index in [9.17, 15) is 22.8 Å². The van der Waals surface area contributed by atoms with E-state index in [2.05, 4.69) is 21.2 Å². The normalized spacial score (nSPS) is 11.1. The molecule has 1 aromatic rings. The molecule has 0 aliphatic carbocycles. The molecule has 0 bridgehead atoms. The summed E-state index contributed by atoms with van der Waals surface area (Å²) >= 11 is 3.01. The molecule has 0 saturated heterocycles. The molecule has 0 fully saturated rings. The lowest BCUT2D eigenvalue weighted by Crippen LogP contribution is -2.35. The van der Waals surface area contributed by atoms with Gasteiger partial charge in [0.05, 0.1) is 11.3 Å². The molecule has 9 heteroatoms. The summed E-state index contributed by atoms with van der Waals surface area (Å²) in [5.74, 6) is -1.23. The predicted octanol–water partition coefficient (Wildman–Crippen LogP) is 3.02. The van der Waals surface area contributed by atoms with Gasteiger partial charge in [-0.3, -0.25) is 4.79 Å². The molecule has 0 aliphatic heterocycles. The van der Waals surface area contributed by atoms with Gasteiger partial charge in [-0.25, -0.2) is 4.79 Å². The van der Waals surface area contributed by atoms with Gasteiger partial charge in [0.2, 0.25) is 0 Å². The fraction of sp³-hybridized carbons (Fsp3) is 0.273. The van der Waals surface area contributed by atoms with E-state index in [-0.39, 0.29) is 10.2 Å². The lowest BCUT2D eigenvalue weighted by Gasteiger charge is -2.17. The van der Waals surface area contributed by atoms with E-state index in [0.717, 1.165) is 23.1 Å². The molecule has 1 aromatic carbocycles. The van der Waals surface area contributed by atoms with E-state index in [1.165, 1.54) is 7.05 Å². The van der Waals surface area contributed by atoms with Crippen LogP contribution in [0.2, 0.25) is 0 Å². The smallest absolute Gasteiger partial charge is 0.416 e. The Kier molecular flexibility index (Phi) is 4.98. The highest BCUT2D eigenvalue weighted by atomic mass is 79.9. The third-order valence-electron chi connectivity index (χ3n) is 2.25. The largest absolute Gasteiger partial charge is 0.480 e. The van der Waals surface area contributed by atoms with Crippen molar-refractivity contribution < 1.29 is 27.9 Å². The van der Waals surface area contributed by atoms with Gasteiger partial charge in [0, 0.05) is 11.5 Å². The van der Waals surface area contributed by atoms with Crippen molar-refractivity contribution >= 4 is 33.6 Å². The number of carbonyl (C=O) groups excluding carboxylic acids is 1. The fourth-order valence-electron chi connectivity index (χ4n) is 1.28. The van der Waals surface area contributed by atoms with Crippen LogP contribution in [0.15, 0.2) is 22.7 Å². The summed E-state index contributed by atoms with van der Waals surface area (Å²) in [6.45, 7) is -0.567. The molecule has 110 valence electrons. The van der Waals surface area contributed by atoms with Crippen molar-refractivity contribution in [3.63, 3.8) is 0 Å². The molecule has 0 unspecified atom stereocenters. The minimum Gasteiger partial charge on any atom is -0.480 e. The van der Waals surface area contributed by atoms with Crippen molar-refractivity contribution in [1.82, 2.24) is 4.90 Å². The molecule has 2 amide bonds. The Morgan fingerprint density at radius 1 is 1.40 bits per heavy atom. The second kappa shape index (κ2) is 6.12. The van der Waals surface area contributed by atoms with E-state index in [1.807, 2.05) is 0 Å². The van der Waals surface area contributed by atoms with Gasteiger partial charge in [-0.15, -0.1) is 0 Å². The first-order valence-corrected chi connectivity index (χ1v) is 6.01. The summed E-state index contributed by atoms with van der Waals surface area (Å²) in [6, 6.07) is 1.94. The van der Waals surface area contributed by atoms with E-state index < -0.39 is 30.3 Å². The van der Waals surface area contributed by atoms with Crippen molar-refractivity contribution in [1.29, 1.82) is 0 Å². The maximum Gasteiger partial charge on any atom is 0.416 e. The summed E-state index contributed by atoms with van der Waals surface area (Å²) in [7, 11) is 1.21. The zero-order chi connectivity index (χ0) is 15.5. The maximum atomic E-state index is 12.6. The molecule has 0 aliphatic rings. The Morgan fingerprint density at radius 3 is 2.50 bits per heavy atom. The zero-order valence-electron chi connectivity index (χ0n) is 10.2. The Hall–Kier alpha value is -1.77. The molecular weight excluding hydrogens is 345 g/mol. The van der Waals surface area contributed by atoms with Crippen LogP contribution in [0, 0.1) is 0 Å². The Morgan fingerprint density at radius 2 is 2.00 bits per heavy atom. The van der Waals surface area contributed by atoms with Crippen LogP contribution >= 0.6 is 15.9 Å².